The largest absolute Gasteiger partial charge is 0.479 e. The van der Waals surface area contributed by atoms with Gasteiger partial charge in [0.25, 0.3) is 11.7 Å². The zero-order valence-corrected chi connectivity index (χ0v) is 9.07. The molecule has 1 unspecified atom stereocenters. The lowest BCUT2D eigenvalue weighted by Gasteiger charge is -2.13. The number of aromatic amines is 1. The molecule has 0 saturated heterocycles. The summed E-state index contributed by atoms with van der Waals surface area (Å²) < 4.78 is 0. The first-order valence-electron chi connectivity index (χ1n) is 5.00. The number of carboxylic acids is 1. The van der Waals surface area contributed by atoms with Gasteiger partial charge >= 0.3 is 5.97 Å². The summed E-state index contributed by atoms with van der Waals surface area (Å²) >= 11 is 0. The molecule has 0 aliphatic heterocycles. The highest BCUT2D eigenvalue weighted by Gasteiger charge is 2.24. The van der Waals surface area contributed by atoms with Crippen LogP contribution in [0.2, 0.25) is 0 Å². The summed E-state index contributed by atoms with van der Waals surface area (Å²) in [4.78, 5) is 22.8. The standard InChI is InChI=1S/C10H9N5O3/c16-9(8-12-14-15-13-8)11-7(10(17)18)6-4-2-1-3-5-6/h1-5,7H,(H,11,16)(H,17,18)(H,12,13,14,15). The molecule has 2 rings (SSSR count). The Bertz CT molecular complexity index is 540. The van der Waals surface area contributed by atoms with Crippen LogP contribution in [0.25, 0.3) is 0 Å². The normalized spacial score (nSPS) is 11.8. The number of benzene rings is 1. The van der Waals surface area contributed by atoms with E-state index in [0.717, 1.165) is 0 Å². The summed E-state index contributed by atoms with van der Waals surface area (Å²) in [6, 6.07) is 7.18. The summed E-state index contributed by atoms with van der Waals surface area (Å²) in [5.74, 6) is -2.09. The molecular formula is C10H9N5O3. The quantitative estimate of drug-likeness (QED) is 0.685. The molecule has 8 nitrogen and oxygen atoms in total. The highest BCUT2D eigenvalue weighted by Crippen LogP contribution is 2.12. The number of hydrogen-bond donors (Lipinski definition) is 3. The van der Waals surface area contributed by atoms with E-state index in [9.17, 15) is 9.59 Å². The number of carboxylic acid groups (broad SMARTS) is 1. The average molecular weight is 247 g/mol. The SMILES string of the molecule is O=C(NC(C(=O)O)c1ccccc1)c1nn[nH]n1. The summed E-state index contributed by atoms with van der Waals surface area (Å²) in [6.07, 6.45) is 0. The molecule has 0 aliphatic carbocycles. The molecule has 8 heteroatoms. The van der Waals surface area contributed by atoms with Crippen molar-refractivity contribution in [3.05, 3.63) is 41.7 Å². The molecule has 0 fully saturated rings. The molecule has 1 aromatic carbocycles. The number of rotatable bonds is 4. The lowest BCUT2D eigenvalue weighted by atomic mass is 10.1. The van der Waals surface area contributed by atoms with Crippen molar-refractivity contribution in [2.24, 2.45) is 0 Å². The Labute approximate surface area is 101 Å². The molecule has 2 aromatic rings. The maximum atomic E-state index is 11.6. The van der Waals surface area contributed by atoms with Gasteiger partial charge < -0.3 is 10.4 Å². The second-order valence-electron chi connectivity index (χ2n) is 3.39. The van der Waals surface area contributed by atoms with E-state index in [4.69, 9.17) is 5.11 Å². The van der Waals surface area contributed by atoms with Gasteiger partial charge in [0, 0.05) is 0 Å². The summed E-state index contributed by atoms with van der Waals surface area (Å²) in [5.41, 5.74) is 0.460. The molecule has 0 bridgehead atoms. The van der Waals surface area contributed by atoms with E-state index in [0.29, 0.717) is 5.56 Å². The zero-order chi connectivity index (χ0) is 13.0. The fourth-order valence-electron chi connectivity index (χ4n) is 1.39. The number of carbonyl (C=O) groups is 2. The maximum Gasteiger partial charge on any atom is 0.330 e. The Hall–Kier alpha value is -2.77. The minimum Gasteiger partial charge on any atom is -0.479 e. The average Bonchev–Trinajstić information content (AvgIpc) is 2.90. The second-order valence-corrected chi connectivity index (χ2v) is 3.39. The van der Waals surface area contributed by atoms with Crippen LogP contribution < -0.4 is 5.32 Å². The van der Waals surface area contributed by atoms with Crippen molar-refractivity contribution in [1.82, 2.24) is 25.9 Å². The predicted molar refractivity (Wildman–Crippen MR) is 58.5 cm³/mol. The first-order valence-corrected chi connectivity index (χ1v) is 5.00. The van der Waals surface area contributed by atoms with E-state index < -0.39 is 17.9 Å². The number of nitrogens with zero attached hydrogens (tertiary/aromatic N) is 3. The molecule has 1 aromatic heterocycles. The van der Waals surface area contributed by atoms with E-state index in [1.807, 2.05) is 0 Å². The van der Waals surface area contributed by atoms with Crippen LogP contribution in [0.1, 0.15) is 22.2 Å². The van der Waals surface area contributed by atoms with Gasteiger partial charge in [-0.1, -0.05) is 30.3 Å². The van der Waals surface area contributed by atoms with Crippen molar-refractivity contribution in [3.63, 3.8) is 0 Å². The second kappa shape index (κ2) is 5.04. The Morgan fingerprint density at radius 3 is 2.56 bits per heavy atom. The number of nitrogens with one attached hydrogen (secondary N) is 2. The van der Waals surface area contributed by atoms with Crippen molar-refractivity contribution in [2.75, 3.05) is 0 Å². The number of hydrogen-bond acceptors (Lipinski definition) is 5. The van der Waals surface area contributed by atoms with Crippen molar-refractivity contribution < 1.29 is 14.7 Å². The third-order valence-electron chi connectivity index (χ3n) is 2.20. The third kappa shape index (κ3) is 2.48. The molecule has 3 N–H and O–H groups in total. The number of H-pyrrole nitrogens is 1. The van der Waals surface area contributed by atoms with Crippen LogP contribution in [0, 0.1) is 0 Å². The number of tetrazole rings is 1. The molecule has 0 saturated carbocycles. The van der Waals surface area contributed by atoms with Crippen molar-refractivity contribution in [1.29, 1.82) is 0 Å². The Morgan fingerprint density at radius 2 is 2.00 bits per heavy atom. The minimum atomic E-state index is -1.17. The number of carbonyl (C=O) groups excluding carboxylic acids is 1. The lowest BCUT2D eigenvalue weighted by molar-refractivity contribution is -0.139. The first kappa shape index (κ1) is 11.7. The van der Waals surface area contributed by atoms with Crippen molar-refractivity contribution in [3.8, 4) is 0 Å². The van der Waals surface area contributed by atoms with Gasteiger partial charge in [0.1, 0.15) is 0 Å². The van der Waals surface area contributed by atoms with Gasteiger partial charge in [-0.15, -0.1) is 10.2 Å². The molecule has 0 radical (unpaired) electrons. The minimum absolute atomic E-state index is 0.211. The molecule has 18 heavy (non-hydrogen) atoms. The van der Waals surface area contributed by atoms with Gasteiger partial charge in [-0.25, -0.2) is 4.79 Å². The summed E-state index contributed by atoms with van der Waals surface area (Å²) in [7, 11) is 0. The topological polar surface area (TPSA) is 121 Å². The summed E-state index contributed by atoms with van der Waals surface area (Å²) in [6.45, 7) is 0. The monoisotopic (exact) mass is 247 g/mol. The van der Waals surface area contributed by atoms with Crippen LogP contribution in [0.5, 0.6) is 0 Å². The van der Waals surface area contributed by atoms with Crippen molar-refractivity contribution in [2.45, 2.75) is 6.04 Å². The molecule has 1 heterocycles. The van der Waals surface area contributed by atoms with Crippen LogP contribution >= 0.6 is 0 Å². The Morgan fingerprint density at radius 1 is 1.28 bits per heavy atom. The first-order chi connectivity index (χ1) is 8.68. The number of aromatic nitrogens is 4. The van der Waals surface area contributed by atoms with E-state index in [2.05, 4.69) is 25.9 Å². The fraction of sp³-hybridized carbons (Fsp3) is 0.100. The highest BCUT2D eigenvalue weighted by atomic mass is 16.4. The van der Waals surface area contributed by atoms with Gasteiger partial charge in [-0.05, 0) is 10.8 Å². The van der Waals surface area contributed by atoms with E-state index >= 15 is 0 Å². The van der Waals surface area contributed by atoms with Gasteiger partial charge in [0.2, 0.25) is 0 Å². The predicted octanol–water partition coefficient (Wildman–Crippen LogP) is -0.245. The molecule has 1 atom stereocenters. The lowest BCUT2D eigenvalue weighted by Crippen LogP contribution is -2.34. The molecule has 92 valence electrons. The van der Waals surface area contributed by atoms with Gasteiger partial charge in [-0.3, -0.25) is 4.79 Å². The fourth-order valence-corrected chi connectivity index (χ4v) is 1.39. The van der Waals surface area contributed by atoms with Gasteiger partial charge in [-0.2, -0.15) is 5.21 Å². The highest BCUT2D eigenvalue weighted by molar-refractivity contribution is 5.93. The number of amides is 1. The zero-order valence-electron chi connectivity index (χ0n) is 9.07. The maximum absolute atomic E-state index is 11.6. The van der Waals surface area contributed by atoms with E-state index in [-0.39, 0.29) is 5.82 Å². The van der Waals surface area contributed by atoms with Gasteiger partial charge in [0.05, 0.1) is 0 Å². The molecule has 1 amide bonds. The molecular weight excluding hydrogens is 238 g/mol. The van der Waals surface area contributed by atoms with Crippen LogP contribution in [-0.2, 0) is 4.79 Å². The van der Waals surface area contributed by atoms with Gasteiger partial charge in [0.15, 0.2) is 6.04 Å². The van der Waals surface area contributed by atoms with E-state index in [1.54, 1.807) is 30.3 Å². The number of aliphatic carboxylic acids is 1. The van der Waals surface area contributed by atoms with Crippen molar-refractivity contribution >= 4 is 11.9 Å². The Balaban J connectivity index is 2.18. The molecule has 0 aliphatic rings. The third-order valence-corrected chi connectivity index (χ3v) is 2.20. The summed E-state index contributed by atoms with van der Waals surface area (Å²) in [5, 5.41) is 23.7. The van der Waals surface area contributed by atoms with Crippen LogP contribution in [0.4, 0.5) is 0 Å². The van der Waals surface area contributed by atoms with Crippen LogP contribution in [0.15, 0.2) is 30.3 Å². The van der Waals surface area contributed by atoms with Crippen LogP contribution in [0.3, 0.4) is 0 Å². The molecule has 0 spiro atoms. The van der Waals surface area contributed by atoms with E-state index in [1.165, 1.54) is 0 Å². The Kier molecular flexibility index (Phi) is 3.28. The smallest absolute Gasteiger partial charge is 0.330 e. The van der Waals surface area contributed by atoms with Crippen LogP contribution in [-0.4, -0.2) is 37.6 Å².